The van der Waals surface area contributed by atoms with Crippen LogP contribution in [0.3, 0.4) is 0 Å². The van der Waals surface area contributed by atoms with Gasteiger partial charge in [-0.1, -0.05) is 30.4 Å². The van der Waals surface area contributed by atoms with Crippen LogP contribution in [-0.2, 0) is 13.1 Å². The molecule has 0 aliphatic carbocycles. The number of amides is 1. The van der Waals surface area contributed by atoms with Gasteiger partial charge in [0.2, 0.25) is 0 Å². The van der Waals surface area contributed by atoms with Gasteiger partial charge >= 0.3 is 0 Å². The first-order valence-corrected chi connectivity index (χ1v) is 11.9. The first kappa shape index (κ1) is 24.9. The maximum absolute atomic E-state index is 12.7. The lowest BCUT2D eigenvalue weighted by molar-refractivity contribution is 0.0949. The van der Waals surface area contributed by atoms with E-state index >= 15 is 0 Å². The molecule has 1 N–H and O–H groups in total. The smallest absolute Gasteiger partial charge is 0.251 e. The van der Waals surface area contributed by atoms with Crippen molar-refractivity contribution in [3.8, 4) is 17.2 Å². The van der Waals surface area contributed by atoms with Gasteiger partial charge < -0.3 is 24.1 Å². The van der Waals surface area contributed by atoms with Gasteiger partial charge in [-0.25, -0.2) is 4.98 Å². The molecule has 4 aromatic rings. The summed E-state index contributed by atoms with van der Waals surface area (Å²) in [7, 11) is 3.24. The largest absolute Gasteiger partial charge is 0.497 e. The third-order valence-electron chi connectivity index (χ3n) is 5.82. The molecule has 0 aliphatic heterocycles. The lowest BCUT2D eigenvalue weighted by Crippen LogP contribution is -2.25. The topological polar surface area (TPSA) is 74.6 Å². The lowest BCUT2D eigenvalue weighted by Gasteiger charge is -2.13. The number of fused-ring (bicyclic) bond motifs is 1. The van der Waals surface area contributed by atoms with Crippen molar-refractivity contribution in [2.45, 2.75) is 26.4 Å². The van der Waals surface area contributed by atoms with Crippen LogP contribution in [0.25, 0.3) is 17.1 Å². The van der Waals surface area contributed by atoms with E-state index in [4.69, 9.17) is 19.2 Å². The van der Waals surface area contributed by atoms with Crippen molar-refractivity contribution in [1.29, 1.82) is 0 Å². The molecule has 7 nitrogen and oxygen atoms in total. The fourth-order valence-electron chi connectivity index (χ4n) is 4.02. The van der Waals surface area contributed by atoms with Crippen LogP contribution in [0.15, 0.2) is 72.8 Å². The lowest BCUT2D eigenvalue weighted by atomic mass is 10.2. The Morgan fingerprint density at radius 2 is 1.81 bits per heavy atom. The number of aromatic nitrogens is 2. The summed E-state index contributed by atoms with van der Waals surface area (Å²) in [5.41, 5.74) is 3.56. The van der Waals surface area contributed by atoms with E-state index in [2.05, 4.69) is 9.88 Å². The number of rotatable bonds is 11. The van der Waals surface area contributed by atoms with Gasteiger partial charge in [-0.05, 0) is 67.4 Å². The van der Waals surface area contributed by atoms with Gasteiger partial charge in [-0.3, -0.25) is 4.79 Å². The van der Waals surface area contributed by atoms with E-state index in [0.29, 0.717) is 42.5 Å². The predicted molar refractivity (Wildman–Crippen MR) is 142 cm³/mol. The molecule has 0 bridgehead atoms. The molecule has 1 aromatic heterocycles. The van der Waals surface area contributed by atoms with Crippen molar-refractivity contribution < 1.29 is 19.0 Å². The van der Waals surface area contributed by atoms with Gasteiger partial charge in [0.25, 0.3) is 5.91 Å². The minimum absolute atomic E-state index is 0.159. The monoisotopic (exact) mass is 485 g/mol. The summed E-state index contributed by atoms with van der Waals surface area (Å²) in [5, 5.41) is 2.98. The molecular formula is C29H31N3O4. The number of nitrogens with zero attached hydrogens (tertiary/aromatic N) is 2. The molecule has 3 aromatic carbocycles. The number of aryl methyl sites for hydroxylation is 1. The van der Waals surface area contributed by atoms with Gasteiger partial charge in [0.05, 0.1) is 38.4 Å². The Bertz CT molecular complexity index is 1340. The predicted octanol–water partition coefficient (Wildman–Crippen LogP) is 5.49. The molecule has 1 amide bonds. The third kappa shape index (κ3) is 5.86. The number of hydrogen-bond donors (Lipinski definition) is 1. The van der Waals surface area contributed by atoms with Crippen LogP contribution < -0.4 is 19.5 Å². The second-order valence-electron chi connectivity index (χ2n) is 8.19. The summed E-state index contributed by atoms with van der Waals surface area (Å²) >= 11 is 0. The molecule has 4 rings (SSSR count). The van der Waals surface area contributed by atoms with Crippen LogP contribution in [0, 0.1) is 0 Å². The number of hydrogen-bond acceptors (Lipinski definition) is 5. The molecular weight excluding hydrogens is 454 g/mol. The highest BCUT2D eigenvalue weighted by Crippen LogP contribution is 2.29. The quantitative estimate of drug-likeness (QED) is 0.285. The van der Waals surface area contributed by atoms with Crippen molar-refractivity contribution in [3.05, 3.63) is 89.8 Å². The Labute approximate surface area is 211 Å². The van der Waals surface area contributed by atoms with E-state index in [-0.39, 0.29) is 5.91 Å². The molecule has 36 heavy (non-hydrogen) atoms. The van der Waals surface area contributed by atoms with Gasteiger partial charge in [0.15, 0.2) is 11.5 Å². The molecule has 7 heteroatoms. The first-order valence-electron chi connectivity index (χ1n) is 11.9. The fourth-order valence-corrected chi connectivity index (χ4v) is 4.02. The minimum Gasteiger partial charge on any atom is -0.497 e. The van der Waals surface area contributed by atoms with Crippen LogP contribution in [0.4, 0.5) is 0 Å². The average Bonchev–Trinajstić information content (AvgIpc) is 3.27. The molecule has 0 aliphatic rings. The summed E-state index contributed by atoms with van der Waals surface area (Å²) < 4.78 is 18.8. The van der Waals surface area contributed by atoms with Crippen molar-refractivity contribution in [2.24, 2.45) is 0 Å². The van der Waals surface area contributed by atoms with Gasteiger partial charge in [0, 0.05) is 12.1 Å². The van der Waals surface area contributed by atoms with Gasteiger partial charge in [-0.15, -0.1) is 0 Å². The molecule has 0 fully saturated rings. The Morgan fingerprint density at radius 3 is 2.56 bits per heavy atom. The molecule has 0 saturated carbocycles. The van der Waals surface area contributed by atoms with Crippen LogP contribution in [0.5, 0.6) is 17.2 Å². The number of methoxy groups -OCH3 is 2. The van der Waals surface area contributed by atoms with E-state index in [1.54, 1.807) is 38.5 Å². The standard InChI is InChI=1S/C29H31N3O4/c1-4-8-21-11-16-26(27(19-21)35-3)36-18-7-17-32-25-10-6-5-9-24(25)31-28(32)20-30-29(33)22-12-14-23(34-2)15-13-22/h4-6,8-16,19H,7,17-18,20H2,1-3H3,(H,30,33)/b8-4+. The van der Waals surface area contributed by atoms with E-state index < -0.39 is 0 Å². The zero-order valence-corrected chi connectivity index (χ0v) is 20.9. The summed E-state index contributed by atoms with van der Waals surface area (Å²) in [5.74, 6) is 2.77. The van der Waals surface area contributed by atoms with Gasteiger partial charge in [-0.2, -0.15) is 0 Å². The normalized spacial score (nSPS) is 11.1. The maximum Gasteiger partial charge on any atom is 0.251 e. The molecule has 0 spiro atoms. The van der Waals surface area contributed by atoms with E-state index in [1.807, 2.05) is 61.5 Å². The number of ether oxygens (including phenoxy) is 3. The molecule has 186 valence electrons. The second-order valence-corrected chi connectivity index (χ2v) is 8.19. The van der Waals surface area contributed by atoms with Crippen LogP contribution >= 0.6 is 0 Å². The zero-order valence-electron chi connectivity index (χ0n) is 20.9. The summed E-state index contributed by atoms with van der Waals surface area (Å²) in [6.45, 7) is 3.52. The van der Waals surface area contributed by atoms with Crippen LogP contribution in [0.1, 0.15) is 35.1 Å². The summed E-state index contributed by atoms with van der Waals surface area (Å²) in [4.78, 5) is 17.4. The number of para-hydroxylation sites is 2. The SMILES string of the molecule is C/C=C/c1ccc(OCCCn2c(CNC(=O)c3ccc(OC)cc3)nc3ccccc32)c(OC)c1. The van der Waals surface area contributed by atoms with Crippen molar-refractivity contribution >= 4 is 23.0 Å². The van der Waals surface area contributed by atoms with Crippen molar-refractivity contribution in [1.82, 2.24) is 14.9 Å². The fraction of sp³-hybridized carbons (Fsp3) is 0.241. The Balaban J connectivity index is 1.41. The molecule has 0 unspecified atom stereocenters. The molecule has 1 heterocycles. The number of carbonyl (C=O) groups excluding carboxylic acids is 1. The minimum atomic E-state index is -0.159. The first-order chi connectivity index (χ1) is 17.6. The number of allylic oxidation sites excluding steroid dienone is 1. The number of carbonyl (C=O) groups is 1. The number of benzene rings is 3. The maximum atomic E-state index is 12.7. The highest BCUT2D eigenvalue weighted by Gasteiger charge is 2.13. The van der Waals surface area contributed by atoms with Crippen LogP contribution in [0.2, 0.25) is 0 Å². The third-order valence-corrected chi connectivity index (χ3v) is 5.82. The van der Waals surface area contributed by atoms with Crippen molar-refractivity contribution in [2.75, 3.05) is 20.8 Å². The molecule has 0 radical (unpaired) electrons. The summed E-state index contributed by atoms with van der Waals surface area (Å²) in [6.07, 6.45) is 4.77. The molecule has 0 atom stereocenters. The molecule has 0 saturated heterocycles. The van der Waals surface area contributed by atoms with Crippen molar-refractivity contribution in [3.63, 3.8) is 0 Å². The Hall–Kier alpha value is -4.26. The summed E-state index contributed by atoms with van der Waals surface area (Å²) in [6, 6.07) is 20.9. The second kappa shape index (κ2) is 11.9. The van der Waals surface area contributed by atoms with Crippen LogP contribution in [-0.4, -0.2) is 36.3 Å². The Kier molecular flexibility index (Phi) is 8.24. The average molecular weight is 486 g/mol. The van der Waals surface area contributed by atoms with E-state index in [0.717, 1.165) is 28.8 Å². The number of nitrogens with one attached hydrogen (secondary N) is 1. The number of imidazole rings is 1. The highest BCUT2D eigenvalue weighted by atomic mass is 16.5. The van der Waals surface area contributed by atoms with Gasteiger partial charge in [0.1, 0.15) is 11.6 Å². The zero-order chi connectivity index (χ0) is 25.3. The van der Waals surface area contributed by atoms with E-state index in [9.17, 15) is 4.79 Å². The van der Waals surface area contributed by atoms with E-state index in [1.165, 1.54) is 0 Å². The Morgan fingerprint density at radius 1 is 1.00 bits per heavy atom. The highest BCUT2D eigenvalue weighted by molar-refractivity contribution is 5.94.